The fraction of sp³-hybridized carbons (Fsp3) is 0.200. The van der Waals surface area contributed by atoms with E-state index in [9.17, 15) is 18.4 Å². The van der Waals surface area contributed by atoms with Crippen molar-refractivity contribution in [2.75, 3.05) is 5.32 Å². The Morgan fingerprint density at radius 1 is 1.06 bits per heavy atom. The Bertz CT molecular complexity index is 1410. The summed E-state index contributed by atoms with van der Waals surface area (Å²) in [4.78, 5) is 28.9. The molecule has 0 saturated heterocycles. The second-order valence-corrected chi connectivity index (χ2v) is 8.32. The van der Waals surface area contributed by atoms with E-state index in [4.69, 9.17) is 4.74 Å². The molecule has 2 aromatic heterocycles. The highest BCUT2D eigenvalue weighted by atomic mass is 19.1. The minimum absolute atomic E-state index is 0.0656. The lowest BCUT2D eigenvalue weighted by molar-refractivity contribution is -0.116. The van der Waals surface area contributed by atoms with Crippen molar-refractivity contribution in [3.63, 3.8) is 0 Å². The molecule has 5 rings (SSSR count). The summed E-state index contributed by atoms with van der Waals surface area (Å²) in [6, 6.07) is 13.4. The molecule has 0 aliphatic heterocycles. The third-order valence-electron chi connectivity index (χ3n) is 5.61. The van der Waals surface area contributed by atoms with E-state index in [1.165, 1.54) is 12.4 Å². The number of ether oxygens (including phenoxy) is 1. The maximum atomic E-state index is 13.9. The zero-order chi connectivity index (χ0) is 24.4. The van der Waals surface area contributed by atoms with E-state index in [2.05, 4.69) is 15.4 Å². The summed E-state index contributed by atoms with van der Waals surface area (Å²) in [5, 5.41) is 6.83. The van der Waals surface area contributed by atoms with Crippen LogP contribution in [0.4, 0.5) is 14.6 Å². The highest BCUT2D eigenvalue weighted by molar-refractivity contribution is 5.90. The Balaban J connectivity index is 1.27. The summed E-state index contributed by atoms with van der Waals surface area (Å²) in [5.74, 6) is 0.351. The number of nitrogens with one attached hydrogen (secondary N) is 1. The smallest absolute Gasteiger partial charge is 0.350 e. The first-order valence-electron chi connectivity index (χ1n) is 11.1. The standard InChI is InChI=1S/C25H21F2N5O3/c26-21-2-1-3-22(27)20(21)14-31-15-29-32(25(31)34)17-6-8-18(9-7-17)35-19-10-11-28-23(13-19)30-24(33)12-16-4-5-16/h1-3,6-11,13,15-16H,4-5,12,14H2,(H,28,30,33). The van der Waals surface area contributed by atoms with Gasteiger partial charge in [-0.05, 0) is 61.2 Å². The van der Waals surface area contributed by atoms with Gasteiger partial charge in [0.25, 0.3) is 0 Å². The van der Waals surface area contributed by atoms with E-state index in [0.717, 1.165) is 34.2 Å². The van der Waals surface area contributed by atoms with Crippen LogP contribution in [0.15, 0.2) is 71.9 Å². The van der Waals surface area contributed by atoms with Gasteiger partial charge in [-0.25, -0.2) is 18.6 Å². The Labute approximate surface area is 198 Å². The number of carbonyl (C=O) groups is 1. The number of hydrogen-bond donors (Lipinski definition) is 1. The summed E-state index contributed by atoms with van der Waals surface area (Å²) >= 11 is 0. The predicted molar refractivity (Wildman–Crippen MR) is 124 cm³/mol. The average molecular weight is 477 g/mol. The van der Waals surface area contributed by atoms with Crippen LogP contribution in [-0.2, 0) is 11.3 Å². The fourth-order valence-electron chi connectivity index (χ4n) is 3.59. The van der Waals surface area contributed by atoms with Gasteiger partial charge >= 0.3 is 5.69 Å². The molecule has 10 heteroatoms. The van der Waals surface area contributed by atoms with Crippen LogP contribution in [0.1, 0.15) is 24.8 Å². The molecule has 0 radical (unpaired) electrons. The Hall–Kier alpha value is -4.34. The molecular formula is C25H21F2N5O3. The molecule has 0 unspecified atom stereocenters. The lowest BCUT2D eigenvalue weighted by Crippen LogP contribution is -2.24. The molecule has 0 bridgehead atoms. The SMILES string of the molecule is O=C(CC1CC1)Nc1cc(Oc2ccc(-n3ncn(Cc4c(F)cccc4F)c3=O)cc2)ccn1. The quantitative estimate of drug-likeness (QED) is 0.409. The van der Waals surface area contributed by atoms with Crippen LogP contribution in [0.25, 0.3) is 5.69 Å². The van der Waals surface area contributed by atoms with Crippen LogP contribution in [-0.4, -0.2) is 25.2 Å². The molecule has 178 valence electrons. The molecule has 35 heavy (non-hydrogen) atoms. The zero-order valence-electron chi connectivity index (χ0n) is 18.5. The number of benzene rings is 2. The van der Waals surface area contributed by atoms with Crippen molar-refractivity contribution in [3.05, 3.63) is 94.8 Å². The monoisotopic (exact) mass is 477 g/mol. The summed E-state index contributed by atoms with van der Waals surface area (Å²) in [7, 11) is 0. The van der Waals surface area contributed by atoms with Crippen LogP contribution in [0.2, 0.25) is 0 Å². The molecule has 1 N–H and O–H groups in total. The van der Waals surface area contributed by atoms with Crippen molar-refractivity contribution < 1.29 is 18.3 Å². The average Bonchev–Trinajstić information content (AvgIpc) is 3.57. The van der Waals surface area contributed by atoms with Crippen molar-refractivity contribution >= 4 is 11.7 Å². The molecule has 1 saturated carbocycles. The normalized spacial score (nSPS) is 13.0. The van der Waals surface area contributed by atoms with E-state index in [1.54, 1.807) is 42.6 Å². The maximum absolute atomic E-state index is 13.9. The van der Waals surface area contributed by atoms with Crippen LogP contribution in [0, 0.1) is 17.6 Å². The lowest BCUT2D eigenvalue weighted by Gasteiger charge is -2.09. The Kier molecular flexibility index (Phi) is 6.09. The molecule has 1 amide bonds. The number of halogens is 2. The molecule has 1 fully saturated rings. The van der Waals surface area contributed by atoms with Gasteiger partial charge in [-0.1, -0.05) is 6.07 Å². The van der Waals surface area contributed by atoms with Crippen LogP contribution in [0.3, 0.4) is 0 Å². The van der Waals surface area contributed by atoms with Crippen molar-refractivity contribution in [3.8, 4) is 17.2 Å². The number of rotatable bonds is 8. The summed E-state index contributed by atoms with van der Waals surface area (Å²) in [6.07, 6.45) is 5.46. The molecule has 1 aliphatic carbocycles. The van der Waals surface area contributed by atoms with E-state index in [1.807, 2.05) is 0 Å². The predicted octanol–water partition coefficient (Wildman–Crippen LogP) is 4.29. The van der Waals surface area contributed by atoms with E-state index in [0.29, 0.717) is 35.3 Å². The molecule has 0 spiro atoms. The van der Waals surface area contributed by atoms with Crippen molar-refractivity contribution in [2.45, 2.75) is 25.8 Å². The minimum Gasteiger partial charge on any atom is -0.457 e. The number of carbonyl (C=O) groups excluding carboxylic acids is 1. The van der Waals surface area contributed by atoms with E-state index >= 15 is 0 Å². The summed E-state index contributed by atoms with van der Waals surface area (Å²) in [5.41, 5.74) is -0.293. The molecule has 0 atom stereocenters. The topological polar surface area (TPSA) is 91.0 Å². The second kappa shape index (κ2) is 9.49. The van der Waals surface area contributed by atoms with Gasteiger partial charge in [-0.15, -0.1) is 0 Å². The van der Waals surface area contributed by atoms with Crippen LogP contribution in [0.5, 0.6) is 11.5 Å². The third-order valence-corrected chi connectivity index (χ3v) is 5.61. The van der Waals surface area contributed by atoms with Gasteiger partial charge in [0.2, 0.25) is 5.91 Å². The molecule has 4 aromatic rings. The van der Waals surface area contributed by atoms with Crippen molar-refractivity contribution in [1.29, 1.82) is 0 Å². The highest BCUT2D eigenvalue weighted by Crippen LogP contribution is 2.32. The second-order valence-electron chi connectivity index (χ2n) is 8.32. The number of aromatic nitrogens is 4. The van der Waals surface area contributed by atoms with Gasteiger partial charge in [0, 0.05) is 24.2 Å². The minimum atomic E-state index is -0.729. The lowest BCUT2D eigenvalue weighted by atomic mass is 10.2. The number of hydrogen-bond acceptors (Lipinski definition) is 5. The Morgan fingerprint density at radius 2 is 1.80 bits per heavy atom. The molecule has 8 nitrogen and oxygen atoms in total. The number of nitrogens with zero attached hydrogens (tertiary/aromatic N) is 4. The molecular weight excluding hydrogens is 456 g/mol. The fourth-order valence-corrected chi connectivity index (χ4v) is 3.59. The number of amides is 1. The van der Waals surface area contributed by atoms with Gasteiger partial charge < -0.3 is 10.1 Å². The van der Waals surface area contributed by atoms with Crippen molar-refractivity contribution in [1.82, 2.24) is 19.3 Å². The molecule has 2 heterocycles. The summed E-state index contributed by atoms with van der Waals surface area (Å²) in [6.45, 7) is -0.278. The number of pyridine rings is 1. The van der Waals surface area contributed by atoms with Gasteiger partial charge in [0.15, 0.2) is 0 Å². The van der Waals surface area contributed by atoms with Gasteiger partial charge in [0.05, 0.1) is 12.2 Å². The van der Waals surface area contributed by atoms with Gasteiger partial charge in [0.1, 0.15) is 35.3 Å². The first-order chi connectivity index (χ1) is 17.0. The van der Waals surface area contributed by atoms with Crippen LogP contribution >= 0.6 is 0 Å². The van der Waals surface area contributed by atoms with Crippen LogP contribution < -0.4 is 15.7 Å². The van der Waals surface area contributed by atoms with E-state index < -0.39 is 17.3 Å². The largest absolute Gasteiger partial charge is 0.457 e. The third kappa shape index (κ3) is 5.26. The Morgan fingerprint density at radius 3 is 2.51 bits per heavy atom. The van der Waals surface area contributed by atoms with E-state index in [-0.39, 0.29) is 18.0 Å². The highest BCUT2D eigenvalue weighted by Gasteiger charge is 2.24. The maximum Gasteiger partial charge on any atom is 0.350 e. The van der Waals surface area contributed by atoms with Crippen molar-refractivity contribution in [2.24, 2.45) is 5.92 Å². The summed E-state index contributed by atoms with van der Waals surface area (Å²) < 4.78 is 36.0. The van der Waals surface area contributed by atoms with Gasteiger partial charge in [-0.2, -0.15) is 9.78 Å². The molecule has 1 aliphatic rings. The first-order valence-corrected chi connectivity index (χ1v) is 11.1. The zero-order valence-corrected chi connectivity index (χ0v) is 18.5. The molecule has 2 aromatic carbocycles. The first kappa shape index (κ1) is 22.5. The number of anilines is 1. The van der Waals surface area contributed by atoms with Gasteiger partial charge in [-0.3, -0.25) is 9.36 Å².